The van der Waals surface area contributed by atoms with Gasteiger partial charge in [-0.2, -0.15) is 0 Å². The van der Waals surface area contributed by atoms with Crippen molar-refractivity contribution in [2.45, 2.75) is 33.2 Å². The first-order valence-corrected chi connectivity index (χ1v) is 10.6. The Bertz CT molecular complexity index is 947. The minimum absolute atomic E-state index is 0.127. The molecular formula is C23H28ClN3O5. The molecule has 8 nitrogen and oxygen atoms in total. The lowest BCUT2D eigenvalue weighted by atomic mass is 10.0. The smallest absolute Gasteiger partial charge is 0.269 e. The van der Waals surface area contributed by atoms with Gasteiger partial charge in [0.15, 0.2) is 11.5 Å². The molecule has 9 heteroatoms. The predicted molar refractivity (Wildman–Crippen MR) is 122 cm³/mol. The predicted octanol–water partition coefficient (Wildman–Crippen LogP) is 3.35. The van der Waals surface area contributed by atoms with Crippen LogP contribution in [0.5, 0.6) is 11.5 Å². The molecule has 2 rings (SSSR count). The lowest BCUT2D eigenvalue weighted by Gasteiger charge is -2.20. The fourth-order valence-corrected chi connectivity index (χ4v) is 3.03. The van der Waals surface area contributed by atoms with Gasteiger partial charge in [0.2, 0.25) is 0 Å². The highest BCUT2D eigenvalue weighted by molar-refractivity contribution is 6.30. The number of benzene rings is 2. The molecule has 0 saturated carbocycles. The zero-order valence-electron chi connectivity index (χ0n) is 18.5. The molecule has 0 fully saturated rings. The number of amides is 3. The van der Waals surface area contributed by atoms with E-state index in [0.717, 1.165) is 0 Å². The average molecular weight is 462 g/mol. The maximum Gasteiger partial charge on any atom is 0.269 e. The summed E-state index contributed by atoms with van der Waals surface area (Å²) < 4.78 is 10.7. The van der Waals surface area contributed by atoms with Crippen molar-refractivity contribution in [2.75, 3.05) is 13.7 Å². The van der Waals surface area contributed by atoms with Crippen molar-refractivity contribution in [3.63, 3.8) is 0 Å². The van der Waals surface area contributed by atoms with E-state index in [0.29, 0.717) is 35.1 Å². The van der Waals surface area contributed by atoms with Crippen molar-refractivity contribution in [3.8, 4) is 11.5 Å². The molecule has 0 bridgehead atoms. The summed E-state index contributed by atoms with van der Waals surface area (Å²) in [6.07, 6.45) is 0.387. The lowest BCUT2D eigenvalue weighted by molar-refractivity contribution is -0.124. The van der Waals surface area contributed by atoms with Crippen molar-refractivity contribution < 1.29 is 23.9 Å². The van der Waals surface area contributed by atoms with E-state index in [2.05, 4.69) is 16.2 Å². The van der Waals surface area contributed by atoms with Gasteiger partial charge in [-0.3, -0.25) is 25.2 Å². The van der Waals surface area contributed by atoms with Gasteiger partial charge >= 0.3 is 0 Å². The fourth-order valence-electron chi connectivity index (χ4n) is 2.91. The Labute approximate surface area is 192 Å². The summed E-state index contributed by atoms with van der Waals surface area (Å²) in [5, 5.41) is 3.21. The van der Waals surface area contributed by atoms with Crippen LogP contribution in [0.3, 0.4) is 0 Å². The normalized spacial score (nSPS) is 11.4. The second-order valence-corrected chi connectivity index (χ2v) is 7.84. The third-order valence-corrected chi connectivity index (χ3v) is 4.71. The molecule has 3 N–H and O–H groups in total. The van der Waals surface area contributed by atoms with E-state index in [4.69, 9.17) is 21.1 Å². The van der Waals surface area contributed by atoms with Crippen LogP contribution in [0.4, 0.5) is 0 Å². The van der Waals surface area contributed by atoms with E-state index in [1.54, 1.807) is 36.4 Å². The molecule has 3 amide bonds. The number of nitrogens with one attached hydrogen (secondary N) is 3. The minimum Gasteiger partial charge on any atom is -0.493 e. The fraction of sp³-hybridized carbons (Fsp3) is 0.348. The third kappa shape index (κ3) is 7.16. The molecular weight excluding hydrogens is 434 g/mol. The first kappa shape index (κ1) is 25.0. The summed E-state index contributed by atoms with van der Waals surface area (Å²) in [4.78, 5) is 37.7. The van der Waals surface area contributed by atoms with Gasteiger partial charge in [0, 0.05) is 16.1 Å². The van der Waals surface area contributed by atoms with Crippen LogP contribution in [0.1, 0.15) is 47.9 Å². The van der Waals surface area contributed by atoms with Crippen molar-refractivity contribution in [1.82, 2.24) is 16.2 Å². The highest BCUT2D eigenvalue weighted by Crippen LogP contribution is 2.27. The number of hydrogen-bond acceptors (Lipinski definition) is 5. The zero-order valence-corrected chi connectivity index (χ0v) is 19.3. The van der Waals surface area contributed by atoms with Gasteiger partial charge in [-0.25, -0.2) is 0 Å². The van der Waals surface area contributed by atoms with Crippen LogP contribution in [-0.4, -0.2) is 37.5 Å². The van der Waals surface area contributed by atoms with Crippen molar-refractivity contribution in [3.05, 3.63) is 58.6 Å². The molecule has 32 heavy (non-hydrogen) atoms. The second kappa shape index (κ2) is 12.0. The van der Waals surface area contributed by atoms with Gasteiger partial charge in [-0.1, -0.05) is 25.4 Å². The summed E-state index contributed by atoms with van der Waals surface area (Å²) in [6.45, 7) is 6.16. The topological polar surface area (TPSA) is 106 Å². The Hall–Kier alpha value is -3.26. The maximum absolute atomic E-state index is 12.7. The van der Waals surface area contributed by atoms with Crippen LogP contribution < -0.4 is 25.6 Å². The number of hydrogen-bond donors (Lipinski definition) is 3. The summed E-state index contributed by atoms with van der Waals surface area (Å²) >= 11 is 5.86. The van der Waals surface area contributed by atoms with Crippen molar-refractivity contribution >= 4 is 29.3 Å². The van der Waals surface area contributed by atoms with E-state index in [1.807, 2.05) is 20.8 Å². The Morgan fingerprint density at radius 3 is 2.19 bits per heavy atom. The lowest BCUT2D eigenvalue weighted by Crippen LogP contribution is -2.52. The molecule has 0 aliphatic rings. The van der Waals surface area contributed by atoms with E-state index < -0.39 is 23.8 Å². The largest absolute Gasteiger partial charge is 0.493 e. The Kier molecular flexibility index (Phi) is 9.34. The number of hydrazine groups is 1. The Balaban J connectivity index is 2.03. The first-order chi connectivity index (χ1) is 15.2. The van der Waals surface area contributed by atoms with E-state index in [1.165, 1.54) is 13.2 Å². The molecule has 2 aromatic rings. The molecule has 0 saturated heterocycles. The van der Waals surface area contributed by atoms with Crippen LogP contribution in [0.2, 0.25) is 5.02 Å². The monoisotopic (exact) mass is 461 g/mol. The average Bonchev–Trinajstić information content (AvgIpc) is 2.77. The molecule has 0 heterocycles. The second-order valence-electron chi connectivity index (χ2n) is 7.40. The van der Waals surface area contributed by atoms with E-state index in [-0.39, 0.29) is 11.5 Å². The number of methoxy groups -OCH3 is 1. The zero-order chi connectivity index (χ0) is 23.7. The van der Waals surface area contributed by atoms with Crippen LogP contribution in [0.15, 0.2) is 42.5 Å². The van der Waals surface area contributed by atoms with E-state index in [9.17, 15) is 14.4 Å². The molecule has 0 aromatic heterocycles. The number of carbonyl (C=O) groups is 3. The Morgan fingerprint density at radius 1 is 0.938 bits per heavy atom. The van der Waals surface area contributed by atoms with E-state index >= 15 is 0 Å². The standard InChI is InChI=1S/C23H28ClN3O5/c1-5-32-19-11-8-16(13-20(19)31-4)22(29)26-27-23(30)18(12-14(2)3)25-21(28)15-6-9-17(24)10-7-15/h6-11,13-14,18H,5,12H2,1-4H3,(H,25,28)(H,26,29)(H,27,30). The summed E-state index contributed by atoms with van der Waals surface area (Å²) in [5.41, 5.74) is 5.41. The van der Waals surface area contributed by atoms with Gasteiger partial charge in [-0.15, -0.1) is 0 Å². The molecule has 0 radical (unpaired) electrons. The van der Waals surface area contributed by atoms with Gasteiger partial charge in [0.1, 0.15) is 6.04 Å². The Morgan fingerprint density at radius 2 is 1.59 bits per heavy atom. The quantitative estimate of drug-likeness (QED) is 0.496. The van der Waals surface area contributed by atoms with Gasteiger partial charge in [-0.05, 0) is 61.7 Å². The molecule has 1 unspecified atom stereocenters. The molecule has 2 aromatic carbocycles. The molecule has 0 aliphatic heterocycles. The highest BCUT2D eigenvalue weighted by atomic mass is 35.5. The van der Waals surface area contributed by atoms with Crippen molar-refractivity contribution in [2.24, 2.45) is 5.92 Å². The van der Waals surface area contributed by atoms with Gasteiger partial charge < -0.3 is 14.8 Å². The number of carbonyl (C=O) groups excluding carboxylic acids is 3. The van der Waals surface area contributed by atoms with Gasteiger partial charge in [0.25, 0.3) is 17.7 Å². The molecule has 172 valence electrons. The van der Waals surface area contributed by atoms with Crippen LogP contribution in [0, 0.1) is 5.92 Å². The van der Waals surface area contributed by atoms with Crippen molar-refractivity contribution in [1.29, 1.82) is 0 Å². The SMILES string of the molecule is CCOc1ccc(C(=O)NNC(=O)C(CC(C)C)NC(=O)c2ccc(Cl)cc2)cc1OC. The number of rotatable bonds is 9. The van der Waals surface area contributed by atoms with Crippen LogP contribution in [-0.2, 0) is 4.79 Å². The maximum atomic E-state index is 12.7. The summed E-state index contributed by atoms with van der Waals surface area (Å²) in [6, 6.07) is 10.2. The summed E-state index contributed by atoms with van der Waals surface area (Å²) in [7, 11) is 1.47. The van der Waals surface area contributed by atoms with Gasteiger partial charge in [0.05, 0.1) is 13.7 Å². The molecule has 0 aliphatic carbocycles. The molecule has 0 spiro atoms. The number of ether oxygens (including phenoxy) is 2. The highest BCUT2D eigenvalue weighted by Gasteiger charge is 2.23. The van der Waals surface area contributed by atoms with Crippen LogP contribution in [0.25, 0.3) is 0 Å². The number of halogens is 1. The molecule has 1 atom stereocenters. The summed E-state index contributed by atoms with van der Waals surface area (Å²) in [5.74, 6) is -0.442. The third-order valence-electron chi connectivity index (χ3n) is 4.46. The van der Waals surface area contributed by atoms with Crippen LogP contribution >= 0.6 is 11.6 Å². The first-order valence-electron chi connectivity index (χ1n) is 10.2. The minimum atomic E-state index is -0.839.